The first kappa shape index (κ1) is 8.70. The highest BCUT2D eigenvalue weighted by Crippen LogP contribution is 1.82. The molecule has 0 saturated carbocycles. The smallest absolute Gasteiger partial charge is 0.341 e. The van der Waals surface area contributed by atoms with Crippen LogP contribution in [0, 0.1) is 0 Å². The molecule has 0 fully saturated rings. The van der Waals surface area contributed by atoms with Crippen molar-refractivity contribution in [1.82, 2.24) is 0 Å². The molecule has 0 bridgehead atoms. The second kappa shape index (κ2) is 4.57. The van der Waals surface area contributed by atoms with Crippen LogP contribution in [0.15, 0.2) is 5.11 Å². The zero-order chi connectivity index (χ0) is 7.98. The van der Waals surface area contributed by atoms with Gasteiger partial charge < -0.3 is 10.6 Å². The largest absolute Gasteiger partial charge is 0.372 e. The summed E-state index contributed by atoms with van der Waals surface area (Å²) >= 11 is 0. The van der Waals surface area contributed by atoms with Gasteiger partial charge in [0.1, 0.15) is 6.04 Å². The molecule has 4 N–H and O–H groups in total. The van der Waals surface area contributed by atoms with Crippen LogP contribution in [-0.2, 0) is 9.63 Å². The van der Waals surface area contributed by atoms with Crippen LogP contribution in [0.1, 0.15) is 0 Å². The highest BCUT2D eigenvalue weighted by molar-refractivity contribution is 5.75. The summed E-state index contributed by atoms with van der Waals surface area (Å²) in [7, 11) is 0. The lowest BCUT2D eigenvalue weighted by Crippen LogP contribution is -2.36. The summed E-state index contributed by atoms with van der Waals surface area (Å²) in [5.41, 5.74) is 12.9. The standard InChI is InChI=1S/C3H7N5O2/c4-2(1-7-8-5)3(9)10-6/h2H,1,4,6H2/t2-/m0/s1. The van der Waals surface area contributed by atoms with Crippen molar-refractivity contribution in [3.05, 3.63) is 10.4 Å². The minimum Gasteiger partial charge on any atom is -0.372 e. The van der Waals surface area contributed by atoms with E-state index in [0.29, 0.717) is 0 Å². The van der Waals surface area contributed by atoms with Crippen LogP contribution < -0.4 is 11.6 Å². The molecule has 7 nitrogen and oxygen atoms in total. The molecule has 56 valence electrons. The van der Waals surface area contributed by atoms with E-state index in [4.69, 9.17) is 11.3 Å². The SMILES string of the molecule is [N-]=[N+]=NC[C@H](N)C(=O)ON. The Hall–Kier alpha value is -1.30. The van der Waals surface area contributed by atoms with Gasteiger partial charge in [0.2, 0.25) is 0 Å². The van der Waals surface area contributed by atoms with E-state index in [-0.39, 0.29) is 6.54 Å². The molecule has 0 saturated heterocycles. The topological polar surface area (TPSA) is 127 Å². The molecule has 0 unspecified atom stereocenters. The van der Waals surface area contributed by atoms with Gasteiger partial charge in [-0.05, 0) is 5.53 Å². The molecule has 1 atom stereocenters. The Morgan fingerprint density at radius 1 is 1.90 bits per heavy atom. The van der Waals surface area contributed by atoms with E-state index in [1.807, 2.05) is 0 Å². The summed E-state index contributed by atoms with van der Waals surface area (Å²) < 4.78 is 0. The zero-order valence-electron chi connectivity index (χ0n) is 5.10. The maximum absolute atomic E-state index is 10.4. The molecule has 0 aromatic carbocycles. The first-order valence-electron chi connectivity index (χ1n) is 2.39. The van der Waals surface area contributed by atoms with Gasteiger partial charge in [-0.1, -0.05) is 5.11 Å². The van der Waals surface area contributed by atoms with Crippen molar-refractivity contribution < 1.29 is 9.63 Å². The van der Waals surface area contributed by atoms with E-state index >= 15 is 0 Å². The average Bonchev–Trinajstić information content (AvgIpc) is 1.98. The summed E-state index contributed by atoms with van der Waals surface area (Å²) in [5.74, 6) is 3.68. The number of azide groups is 1. The number of nitrogens with zero attached hydrogens (tertiary/aromatic N) is 3. The number of rotatable bonds is 3. The predicted octanol–water partition coefficient (Wildman–Crippen LogP) is -0.959. The molecule has 0 aromatic heterocycles. The first-order valence-corrected chi connectivity index (χ1v) is 2.39. The summed E-state index contributed by atoms with van der Waals surface area (Å²) in [5, 5.41) is 3.04. The third kappa shape index (κ3) is 2.88. The third-order valence-corrected chi connectivity index (χ3v) is 0.760. The van der Waals surface area contributed by atoms with Gasteiger partial charge >= 0.3 is 5.97 Å². The minimum absolute atomic E-state index is 0.146. The van der Waals surface area contributed by atoms with Crippen molar-refractivity contribution in [3.63, 3.8) is 0 Å². The third-order valence-electron chi connectivity index (χ3n) is 0.760. The molecule has 0 radical (unpaired) electrons. The number of hydrogen-bond donors (Lipinski definition) is 2. The van der Waals surface area contributed by atoms with Gasteiger partial charge in [0, 0.05) is 4.91 Å². The molecule has 7 heteroatoms. The van der Waals surface area contributed by atoms with Crippen LogP contribution in [0.25, 0.3) is 10.4 Å². The molecule has 0 aliphatic heterocycles. The Morgan fingerprint density at radius 2 is 2.50 bits per heavy atom. The Labute approximate surface area is 56.5 Å². The van der Waals surface area contributed by atoms with E-state index in [2.05, 4.69) is 20.8 Å². The molecule has 0 aliphatic rings. The van der Waals surface area contributed by atoms with Crippen molar-refractivity contribution in [2.24, 2.45) is 16.7 Å². The van der Waals surface area contributed by atoms with Crippen molar-refractivity contribution >= 4 is 5.97 Å². The van der Waals surface area contributed by atoms with Crippen LogP contribution in [0.3, 0.4) is 0 Å². The summed E-state index contributed by atoms with van der Waals surface area (Å²) in [6, 6.07) is -0.971. The fraction of sp³-hybridized carbons (Fsp3) is 0.667. The van der Waals surface area contributed by atoms with Gasteiger partial charge in [0.15, 0.2) is 0 Å². The van der Waals surface area contributed by atoms with Crippen LogP contribution in [0.4, 0.5) is 0 Å². The highest BCUT2D eigenvalue weighted by Gasteiger charge is 2.11. The number of carbonyl (C=O) groups is 1. The first-order chi connectivity index (χ1) is 4.72. The second-order valence-electron chi connectivity index (χ2n) is 1.46. The minimum atomic E-state index is -0.971. The van der Waals surface area contributed by atoms with Crippen molar-refractivity contribution in [2.45, 2.75) is 6.04 Å². The lowest BCUT2D eigenvalue weighted by Gasteiger charge is -2.02. The van der Waals surface area contributed by atoms with Gasteiger partial charge in [-0.2, -0.15) is 5.90 Å². The van der Waals surface area contributed by atoms with E-state index < -0.39 is 12.0 Å². The summed E-state index contributed by atoms with van der Waals surface area (Å²) in [6.07, 6.45) is 0. The highest BCUT2D eigenvalue weighted by atomic mass is 16.7. The molecular weight excluding hydrogens is 138 g/mol. The van der Waals surface area contributed by atoms with Crippen molar-refractivity contribution in [1.29, 1.82) is 0 Å². The fourth-order valence-corrected chi connectivity index (χ4v) is 0.286. The Kier molecular flexibility index (Phi) is 3.97. The van der Waals surface area contributed by atoms with Gasteiger partial charge in [0.05, 0.1) is 6.54 Å². The van der Waals surface area contributed by atoms with Gasteiger partial charge in [-0.3, -0.25) is 0 Å². The summed E-state index contributed by atoms with van der Waals surface area (Å²) in [6.45, 7) is -0.146. The zero-order valence-corrected chi connectivity index (χ0v) is 5.10. The number of hydrogen-bond acceptors (Lipinski definition) is 5. The van der Waals surface area contributed by atoms with E-state index in [1.165, 1.54) is 0 Å². The molecular formula is C3H7N5O2. The Bertz CT molecular complexity index is 162. The van der Waals surface area contributed by atoms with Gasteiger partial charge in [-0.15, -0.1) is 0 Å². The molecule has 0 rings (SSSR count). The van der Waals surface area contributed by atoms with E-state index in [9.17, 15) is 4.79 Å². The van der Waals surface area contributed by atoms with Crippen molar-refractivity contribution in [3.8, 4) is 0 Å². The average molecular weight is 145 g/mol. The van der Waals surface area contributed by atoms with Gasteiger partial charge in [-0.25, -0.2) is 4.79 Å². The number of carbonyl (C=O) groups excluding carboxylic acids is 1. The lowest BCUT2D eigenvalue weighted by molar-refractivity contribution is -0.145. The summed E-state index contributed by atoms with van der Waals surface area (Å²) in [4.78, 5) is 16.5. The molecule has 0 aromatic rings. The molecule has 0 amide bonds. The number of nitrogens with two attached hydrogens (primary N) is 2. The van der Waals surface area contributed by atoms with E-state index in [0.717, 1.165) is 0 Å². The van der Waals surface area contributed by atoms with Crippen LogP contribution in [-0.4, -0.2) is 18.6 Å². The second-order valence-corrected chi connectivity index (χ2v) is 1.46. The van der Waals surface area contributed by atoms with E-state index in [1.54, 1.807) is 0 Å². The predicted molar refractivity (Wildman–Crippen MR) is 32.3 cm³/mol. The molecule has 0 aliphatic carbocycles. The molecule has 0 heterocycles. The van der Waals surface area contributed by atoms with Crippen LogP contribution >= 0.6 is 0 Å². The van der Waals surface area contributed by atoms with Crippen LogP contribution in [0.2, 0.25) is 0 Å². The maximum atomic E-state index is 10.4. The van der Waals surface area contributed by atoms with Gasteiger partial charge in [0.25, 0.3) is 0 Å². The Balaban J connectivity index is 3.72. The molecule has 0 spiro atoms. The monoisotopic (exact) mass is 145 g/mol. The lowest BCUT2D eigenvalue weighted by atomic mass is 10.3. The van der Waals surface area contributed by atoms with Crippen LogP contribution in [0.5, 0.6) is 0 Å². The quantitative estimate of drug-likeness (QED) is 0.229. The molecule has 10 heavy (non-hydrogen) atoms. The normalized spacial score (nSPS) is 11.4. The fourth-order valence-electron chi connectivity index (χ4n) is 0.286. The van der Waals surface area contributed by atoms with Crippen molar-refractivity contribution in [2.75, 3.05) is 6.54 Å². The maximum Gasteiger partial charge on any atom is 0.341 e. The Morgan fingerprint density at radius 3 is 2.90 bits per heavy atom.